The Labute approximate surface area is 139 Å². The van der Waals surface area contributed by atoms with Crippen molar-refractivity contribution in [2.75, 3.05) is 13.1 Å². The van der Waals surface area contributed by atoms with Gasteiger partial charge in [-0.2, -0.15) is 0 Å². The van der Waals surface area contributed by atoms with Crippen molar-refractivity contribution in [1.29, 1.82) is 0 Å². The molecule has 124 valence electrons. The Morgan fingerprint density at radius 2 is 2.30 bits per heavy atom. The normalized spacial score (nSPS) is 18.3. The molecule has 0 heterocycles. The molecule has 0 unspecified atom stereocenters. The second-order valence-electron chi connectivity index (χ2n) is 6.12. The first kappa shape index (κ1) is 17.4. The molecule has 0 radical (unpaired) electrons. The van der Waals surface area contributed by atoms with Crippen LogP contribution >= 0.6 is 0 Å². The maximum absolute atomic E-state index is 10.2. The number of phenols is 1. The second kappa shape index (κ2) is 8.59. The number of fused-ring (bicyclic) bond motifs is 1. The molecule has 23 heavy (non-hydrogen) atoms. The molecule has 3 nitrogen and oxygen atoms in total. The van der Waals surface area contributed by atoms with Crippen molar-refractivity contribution >= 4 is 0 Å². The Hall–Kier alpha value is -2.00. The van der Waals surface area contributed by atoms with E-state index in [1.807, 2.05) is 24.3 Å². The quantitative estimate of drug-likeness (QED) is 0.757. The number of rotatable bonds is 7. The third kappa shape index (κ3) is 4.49. The molecule has 0 saturated carbocycles. The Morgan fingerprint density at radius 1 is 1.48 bits per heavy atom. The van der Waals surface area contributed by atoms with Crippen LogP contribution in [0, 0.1) is 0 Å². The zero-order valence-corrected chi connectivity index (χ0v) is 14.0. The Kier molecular flexibility index (Phi) is 6.48. The fraction of sp³-hybridized carbons (Fsp3) is 0.400. The van der Waals surface area contributed by atoms with Gasteiger partial charge < -0.3 is 10.8 Å². The van der Waals surface area contributed by atoms with Crippen LogP contribution < -0.4 is 5.73 Å². The number of benzene rings is 1. The van der Waals surface area contributed by atoms with Crippen LogP contribution in [0.4, 0.5) is 0 Å². The summed E-state index contributed by atoms with van der Waals surface area (Å²) in [7, 11) is 0. The molecule has 1 atom stereocenters. The molecule has 0 aliphatic heterocycles. The molecule has 3 N–H and O–H groups in total. The first-order chi connectivity index (χ1) is 11.2. The molecule has 0 saturated heterocycles. The van der Waals surface area contributed by atoms with Gasteiger partial charge in [0.15, 0.2) is 0 Å². The van der Waals surface area contributed by atoms with E-state index >= 15 is 0 Å². The molecule has 2 rings (SSSR count). The van der Waals surface area contributed by atoms with E-state index < -0.39 is 0 Å². The second-order valence-corrected chi connectivity index (χ2v) is 6.12. The minimum atomic E-state index is 0.437. The van der Waals surface area contributed by atoms with Crippen molar-refractivity contribution in [2.24, 2.45) is 5.73 Å². The van der Waals surface area contributed by atoms with Gasteiger partial charge in [0.2, 0.25) is 0 Å². The summed E-state index contributed by atoms with van der Waals surface area (Å²) in [5.74, 6) is 0.437. The van der Waals surface area contributed by atoms with E-state index in [1.165, 1.54) is 11.1 Å². The highest BCUT2D eigenvalue weighted by atomic mass is 16.3. The first-order valence-corrected chi connectivity index (χ1v) is 8.43. The summed E-state index contributed by atoms with van der Waals surface area (Å²) in [6.45, 7) is 7.90. The van der Waals surface area contributed by atoms with Crippen LogP contribution in [0.1, 0.15) is 30.9 Å². The summed E-state index contributed by atoms with van der Waals surface area (Å²) < 4.78 is 0. The molecule has 1 aromatic rings. The minimum Gasteiger partial charge on any atom is -0.508 e. The van der Waals surface area contributed by atoms with E-state index in [-0.39, 0.29) is 0 Å². The van der Waals surface area contributed by atoms with Gasteiger partial charge in [0.1, 0.15) is 5.75 Å². The highest BCUT2D eigenvalue weighted by molar-refractivity contribution is 5.41. The summed E-state index contributed by atoms with van der Waals surface area (Å²) in [5, 5.41) is 10.2. The minimum absolute atomic E-state index is 0.437. The van der Waals surface area contributed by atoms with Crippen LogP contribution in [0.25, 0.3) is 0 Å². The topological polar surface area (TPSA) is 49.5 Å². The van der Waals surface area contributed by atoms with Gasteiger partial charge in [-0.3, -0.25) is 4.90 Å². The Balaban J connectivity index is 2.17. The largest absolute Gasteiger partial charge is 0.508 e. The van der Waals surface area contributed by atoms with Crippen LogP contribution in [0.5, 0.6) is 5.75 Å². The van der Waals surface area contributed by atoms with Crippen LogP contribution in [0.15, 0.2) is 54.8 Å². The average Bonchev–Trinajstić information content (AvgIpc) is 2.55. The van der Waals surface area contributed by atoms with E-state index in [0.717, 1.165) is 44.3 Å². The number of allylic oxidation sites excluding steroid dienone is 2. The zero-order valence-electron chi connectivity index (χ0n) is 14.0. The van der Waals surface area contributed by atoms with Gasteiger partial charge in [0.05, 0.1) is 0 Å². The van der Waals surface area contributed by atoms with Gasteiger partial charge in [-0.05, 0) is 67.3 Å². The fourth-order valence-corrected chi connectivity index (χ4v) is 3.41. The number of hydrogen-bond donors (Lipinski definition) is 2. The Bertz CT molecular complexity index is 589. The van der Waals surface area contributed by atoms with Gasteiger partial charge in [0.25, 0.3) is 0 Å². The molecule has 0 spiro atoms. The summed E-state index contributed by atoms with van der Waals surface area (Å²) >= 11 is 0. The SMILES string of the molecule is C=C/C=C(\C=C/N)CN(CCC)[C@@H]1CCc2cccc(O)c2C1. The number of hydrogen-bond acceptors (Lipinski definition) is 3. The highest BCUT2D eigenvalue weighted by Crippen LogP contribution is 2.31. The molecule has 1 aliphatic rings. The third-order valence-corrected chi connectivity index (χ3v) is 4.49. The summed E-state index contributed by atoms with van der Waals surface area (Å²) in [4.78, 5) is 2.50. The van der Waals surface area contributed by atoms with Gasteiger partial charge in [-0.15, -0.1) is 0 Å². The van der Waals surface area contributed by atoms with E-state index in [2.05, 4.69) is 24.5 Å². The molecule has 0 fully saturated rings. The first-order valence-electron chi connectivity index (χ1n) is 8.43. The lowest BCUT2D eigenvalue weighted by atomic mass is 9.86. The van der Waals surface area contributed by atoms with Crippen LogP contribution in [0.2, 0.25) is 0 Å². The van der Waals surface area contributed by atoms with Gasteiger partial charge >= 0.3 is 0 Å². The number of nitrogens with two attached hydrogens (primary N) is 1. The smallest absolute Gasteiger partial charge is 0.119 e. The van der Waals surface area contributed by atoms with Crippen LogP contribution in [0.3, 0.4) is 0 Å². The Morgan fingerprint density at radius 3 is 3.00 bits per heavy atom. The van der Waals surface area contributed by atoms with E-state index in [0.29, 0.717) is 11.8 Å². The van der Waals surface area contributed by atoms with Crippen molar-refractivity contribution in [1.82, 2.24) is 4.90 Å². The van der Waals surface area contributed by atoms with E-state index in [9.17, 15) is 5.11 Å². The highest BCUT2D eigenvalue weighted by Gasteiger charge is 2.25. The van der Waals surface area contributed by atoms with E-state index in [4.69, 9.17) is 5.73 Å². The summed E-state index contributed by atoms with van der Waals surface area (Å²) in [5.41, 5.74) is 9.14. The van der Waals surface area contributed by atoms with Crippen molar-refractivity contribution in [3.63, 3.8) is 0 Å². The molecule has 0 aromatic heterocycles. The fourth-order valence-electron chi connectivity index (χ4n) is 3.41. The number of nitrogens with zero attached hydrogens (tertiary/aromatic N) is 1. The molecule has 0 amide bonds. The lowest BCUT2D eigenvalue weighted by molar-refractivity contribution is 0.195. The number of phenolic OH excluding ortho intramolecular Hbond substituents is 1. The number of aryl methyl sites for hydroxylation is 1. The van der Waals surface area contributed by atoms with Gasteiger partial charge in [-0.1, -0.05) is 37.8 Å². The number of aromatic hydroxyl groups is 1. The predicted octanol–water partition coefficient (Wildman–Crippen LogP) is 3.55. The maximum atomic E-state index is 10.2. The lowest BCUT2D eigenvalue weighted by Gasteiger charge is -2.35. The maximum Gasteiger partial charge on any atom is 0.119 e. The monoisotopic (exact) mass is 312 g/mol. The molecule has 1 aliphatic carbocycles. The average molecular weight is 312 g/mol. The van der Waals surface area contributed by atoms with Gasteiger partial charge in [-0.25, -0.2) is 0 Å². The molecule has 1 aromatic carbocycles. The van der Waals surface area contributed by atoms with Crippen molar-refractivity contribution in [3.8, 4) is 5.75 Å². The standard InChI is InChI=1S/C20H28N2O/c1-3-6-16(11-12-21)15-22(13-4-2)18-10-9-17-7-5-8-20(23)19(17)14-18/h3,5-8,11-12,18,23H,1,4,9-10,13-15,21H2,2H3/b12-11-,16-6+/t18-/m1/s1. The molecular weight excluding hydrogens is 284 g/mol. The van der Waals surface area contributed by atoms with Crippen molar-refractivity contribution in [3.05, 3.63) is 65.9 Å². The van der Waals surface area contributed by atoms with Crippen LogP contribution in [-0.2, 0) is 12.8 Å². The predicted molar refractivity (Wildman–Crippen MR) is 97.4 cm³/mol. The molecular formula is C20H28N2O. The van der Waals surface area contributed by atoms with Crippen molar-refractivity contribution < 1.29 is 5.11 Å². The van der Waals surface area contributed by atoms with Crippen LogP contribution in [-0.4, -0.2) is 29.1 Å². The third-order valence-electron chi connectivity index (χ3n) is 4.49. The summed E-state index contributed by atoms with van der Waals surface area (Å²) in [6, 6.07) is 6.33. The van der Waals surface area contributed by atoms with Gasteiger partial charge in [0, 0.05) is 12.6 Å². The molecule has 3 heteroatoms. The zero-order chi connectivity index (χ0) is 16.7. The van der Waals surface area contributed by atoms with Crippen molar-refractivity contribution in [2.45, 2.75) is 38.6 Å². The molecule has 0 bridgehead atoms. The summed E-state index contributed by atoms with van der Waals surface area (Å²) in [6.07, 6.45) is 11.5. The van der Waals surface area contributed by atoms with E-state index in [1.54, 1.807) is 12.3 Å². The lowest BCUT2D eigenvalue weighted by Crippen LogP contribution is -2.41.